The molecular formula is C46H62N4O4. The quantitative estimate of drug-likeness (QED) is 0.113. The highest BCUT2D eigenvalue weighted by Gasteiger charge is 2.28. The molecule has 3 aromatic rings. The van der Waals surface area contributed by atoms with Gasteiger partial charge in [-0.3, -0.25) is 9.59 Å². The Morgan fingerprint density at radius 3 is 1.15 bits per heavy atom. The van der Waals surface area contributed by atoms with Gasteiger partial charge in [0.1, 0.15) is 11.5 Å². The Balaban J connectivity index is 1.40. The third-order valence-electron chi connectivity index (χ3n) is 8.60. The lowest BCUT2D eigenvalue weighted by Gasteiger charge is -2.33. The fraction of sp³-hybridized carbons (Fsp3) is 0.435. The Morgan fingerprint density at radius 2 is 0.852 bits per heavy atom. The lowest BCUT2D eigenvalue weighted by Crippen LogP contribution is -2.25. The van der Waals surface area contributed by atoms with Crippen molar-refractivity contribution in [2.75, 3.05) is 13.2 Å². The van der Waals surface area contributed by atoms with Crippen LogP contribution in [0.5, 0.6) is 11.5 Å². The van der Waals surface area contributed by atoms with Crippen molar-refractivity contribution in [1.29, 1.82) is 0 Å². The minimum atomic E-state index is -0.337. The van der Waals surface area contributed by atoms with Crippen molar-refractivity contribution in [2.24, 2.45) is 21.0 Å². The molecule has 0 saturated carbocycles. The van der Waals surface area contributed by atoms with E-state index in [2.05, 4.69) is 115 Å². The van der Waals surface area contributed by atoms with Gasteiger partial charge in [-0.25, -0.2) is 10.9 Å². The second kappa shape index (κ2) is 18.9. The molecule has 0 unspecified atom stereocenters. The van der Waals surface area contributed by atoms with E-state index in [0.717, 1.165) is 35.1 Å². The molecule has 0 bridgehead atoms. The van der Waals surface area contributed by atoms with Crippen LogP contribution in [0, 0.1) is 10.8 Å². The number of hydrogen-bond acceptors (Lipinski definition) is 6. The molecule has 3 aromatic carbocycles. The highest BCUT2D eigenvalue weighted by atomic mass is 16.5. The van der Waals surface area contributed by atoms with Crippen molar-refractivity contribution in [3.05, 3.63) is 106 Å². The van der Waals surface area contributed by atoms with Gasteiger partial charge in [-0.1, -0.05) is 130 Å². The van der Waals surface area contributed by atoms with Crippen LogP contribution in [0.2, 0.25) is 0 Å². The zero-order chi connectivity index (χ0) is 40.2. The average Bonchev–Trinajstić information content (AvgIpc) is 3.05. The molecule has 0 aliphatic carbocycles. The fourth-order valence-corrected chi connectivity index (χ4v) is 6.92. The molecule has 3 rings (SSSR count). The summed E-state index contributed by atoms with van der Waals surface area (Å²) in [5, 5.41) is 8.14. The molecule has 290 valence electrons. The fourth-order valence-electron chi connectivity index (χ4n) is 6.92. The topological polar surface area (TPSA) is 101 Å². The van der Waals surface area contributed by atoms with Crippen LogP contribution < -0.4 is 20.3 Å². The summed E-state index contributed by atoms with van der Waals surface area (Å²) in [4.78, 5) is 24.6. The Kier molecular flexibility index (Phi) is 15.2. The summed E-state index contributed by atoms with van der Waals surface area (Å²) < 4.78 is 11.3. The van der Waals surface area contributed by atoms with E-state index in [0.29, 0.717) is 11.5 Å². The van der Waals surface area contributed by atoms with E-state index < -0.39 is 0 Å². The largest absolute Gasteiger partial charge is 0.484 e. The van der Waals surface area contributed by atoms with E-state index in [1.54, 1.807) is 12.4 Å². The van der Waals surface area contributed by atoms with Gasteiger partial charge in [0.2, 0.25) is 0 Å². The molecule has 2 N–H and O–H groups in total. The van der Waals surface area contributed by atoms with Gasteiger partial charge < -0.3 is 9.47 Å². The summed E-state index contributed by atoms with van der Waals surface area (Å²) in [5.74, 6) is 0.608. The number of hydrogen-bond donors (Lipinski definition) is 2. The smallest absolute Gasteiger partial charge is 0.277 e. The first-order chi connectivity index (χ1) is 25.1. The number of amides is 2. The highest BCUT2D eigenvalue weighted by molar-refractivity contribution is 5.87. The normalized spacial score (nSPS) is 13.3. The van der Waals surface area contributed by atoms with E-state index in [4.69, 9.17) is 9.47 Å². The molecule has 0 spiro atoms. The van der Waals surface area contributed by atoms with Crippen LogP contribution in [-0.2, 0) is 20.4 Å². The van der Waals surface area contributed by atoms with Crippen molar-refractivity contribution >= 4 is 36.4 Å². The van der Waals surface area contributed by atoms with E-state index in [9.17, 15) is 9.59 Å². The van der Waals surface area contributed by atoms with Gasteiger partial charge >= 0.3 is 0 Å². The first-order valence-electron chi connectivity index (χ1n) is 18.7. The number of nitrogens with one attached hydrogen (secondary N) is 2. The number of nitrogens with zero attached hydrogens (tertiary/aromatic N) is 2. The van der Waals surface area contributed by atoms with Crippen molar-refractivity contribution in [2.45, 2.75) is 107 Å². The zero-order valence-electron chi connectivity index (χ0n) is 34.6. The summed E-state index contributed by atoms with van der Waals surface area (Å²) in [6, 6.07) is 23.9. The molecule has 0 aliphatic heterocycles. The van der Waals surface area contributed by atoms with Crippen LogP contribution >= 0.6 is 0 Å². The van der Waals surface area contributed by atoms with Crippen LogP contribution in [0.1, 0.15) is 118 Å². The molecule has 0 aromatic heterocycles. The molecule has 2 amide bonds. The second-order valence-corrected chi connectivity index (χ2v) is 17.9. The monoisotopic (exact) mass is 734 g/mol. The number of allylic oxidation sites excluding steroid dienone is 2. The number of ether oxygens (including phenoxy) is 2. The zero-order valence-corrected chi connectivity index (χ0v) is 34.6. The number of hydrazone groups is 2. The summed E-state index contributed by atoms with van der Waals surface area (Å²) in [6.45, 7) is 26.1. The van der Waals surface area contributed by atoms with Gasteiger partial charge in [-0.2, -0.15) is 10.2 Å². The van der Waals surface area contributed by atoms with Crippen molar-refractivity contribution in [3.63, 3.8) is 0 Å². The SMILES string of the molecule is CC(C=NNC(=O)COc1ccc(C(C)(C)CC(C)(C)C)cc1)=Cc1ccc(C=C(C)C=NNC(=O)COc2ccc(C(C)(C)CC(C)(C)C)cc2)cc1. The molecule has 54 heavy (non-hydrogen) atoms. The van der Waals surface area contributed by atoms with Crippen LogP contribution in [-0.4, -0.2) is 37.5 Å². The van der Waals surface area contributed by atoms with Gasteiger partial charge in [0, 0.05) is 0 Å². The highest BCUT2D eigenvalue weighted by Crippen LogP contribution is 2.37. The van der Waals surface area contributed by atoms with Crippen LogP contribution in [0.3, 0.4) is 0 Å². The maximum Gasteiger partial charge on any atom is 0.277 e. The molecule has 0 aliphatic rings. The maximum absolute atomic E-state index is 12.3. The van der Waals surface area contributed by atoms with Crippen LogP contribution in [0.4, 0.5) is 0 Å². The molecule has 0 fully saturated rings. The van der Waals surface area contributed by atoms with Gasteiger partial charge in [0.15, 0.2) is 13.2 Å². The molecule has 8 heteroatoms. The first-order valence-corrected chi connectivity index (χ1v) is 18.7. The minimum absolute atomic E-state index is 0.0410. The molecule has 8 nitrogen and oxygen atoms in total. The first kappa shape index (κ1) is 43.4. The average molecular weight is 735 g/mol. The third kappa shape index (κ3) is 15.9. The van der Waals surface area contributed by atoms with E-state index in [-0.39, 0.29) is 46.7 Å². The minimum Gasteiger partial charge on any atom is -0.484 e. The maximum atomic E-state index is 12.3. The summed E-state index contributed by atoms with van der Waals surface area (Å²) in [5.41, 5.74) is 11.8. The summed E-state index contributed by atoms with van der Waals surface area (Å²) in [7, 11) is 0. The molecule has 0 radical (unpaired) electrons. The van der Waals surface area contributed by atoms with E-state index >= 15 is 0 Å². The predicted octanol–water partition coefficient (Wildman–Crippen LogP) is 10.3. The Morgan fingerprint density at radius 1 is 0.537 bits per heavy atom. The molecular weight excluding hydrogens is 673 g/mol. The summed E-state index contributed by atoms with van der Waals surface area (Å²) >= 11 is 0. The van der Waals surface area contributed by atoms with Crippen molar-refractivity contribution in [1.82, 2.24) is 10.9 Å². The van der Waals surface area contributed by atoms with Gasteiger partial charge in [-0.05, 0) is 106 Å². The van der Waals surface area contributed by atoms with Crippen molar-refractivity contribution in [3.8, 4) is 11.5 Å². The number of rotatable bonds is 16. The van der Waals surface area contributed by atoms with Crippen LogP contribution in [0.25, 0.3) is 12.2 Å². The Bertz CT molecular complexity index is 1670. The van der Waals surface area contributed by atoms with E-state index in [1.807, 2.05) is 74.5 Å². The predicted molar refractivity (Wildman–Crippen MR) is 225 cm³/mol. The van der Waals surface area contributed by atoms with Gasteiger partial charge in [0.25, 0.3) is 11.8 Å². The summed E-state index contributed by atoms with van der Waals surface area (Å²) in [6.07, 6.45) is 9.25. The number of carbonyl (C=O) groups excluding carboxylic acids is 2. The van der Waals surface area contributed by atoms with Crippen molar-refractivity contribution < 1.29 is 19.1 Å². The Labute approximate surface area is 324 Å². The van der Waals surface area contributed by atoms with E-state index in [1.165, 1.54) is 11.1 Å². The van der Waals surface area contributed by atoms with Gasteiger partial charge in [0.05, 0.1) is 12.4 Å². The Hall–Kier alpha value is -4.98. The molecule has 0 heterocycles. The standard InChI is InChI=1S/C46H62N4O4/c1-33(27-47-49-41(51)29-53-39-21-17-37(18-22-39)45(9,10)31-43(3,4)5)25-35-13-15-36(16-14-35)26-34(2)28-48-50-42(52)30-54-40-23-19-38(20-24-40)46(11,12)32-44(6,7)8/h13-28H,29-32H2,1-12H3,(H,49,51)(H,50,52). The third-order valence-corrected chi connectivity index (χ3v) is 8.60. The number of benzene rings is 3. The lowest BCUT2D eigenvalue weighted by molar-refractivity contribution is -0.123. The second-order valence-electron chi connectivity index (χ2n) is 17.9. The molecule has 0 saturated heterocycles. The van der Waals surface area contributed by atoms with Gasteiger partial charge in [-0.15, -0.1) is 0 Å². The molecule has 0 atom stereocenters. The van der Waals surface area contributed by atoms with Crippen LogP contribution in [0.15, 0.2) is 94.1 Å². The number of carbonyl (C=O) groups is 2. The lowest BCUT2D eigenvalue weighted by atomic mass is 9.72.